The van der Waals surface area contributed by atoms with Gasteiger partial charge in [0.25, 0.3) is 0 Å². The Morgan fingerprint density at radius 3 is 2.68 bits per heavy atom. The van der Waals surface area contributed by atoms with Crippen LogP contribution in [0.15, 0.2) is 6.07 Å². The standard InChI is InChI=1S/C16H27N5O3S/c1-19-8-4-13(5-9-19)16(22)17-11-14-10-15-12-20(25(2,23)24)6-3-7-21(15)18-14/h10,13H,3-9,11-12H2,1-2H3,(H,17,22). The van der Waals surface area contributed by atoms with E-state index in [4.69, 9.17) is 0 Å². The molecule has 25 heavy (non-hydrogen) atoms. The van der Waals surface area contributed by atoms with Crippen molar-refractivity contribution in [3.8, 4) is 0 Å². The Kier molecular flexibility index (Phi) is 5.45. The van der Waals surface area contributed by atoms with Gasteiger partial charge in [0.1, 0.15) is 0 Å². The van der Waals surface area contributed by atoms with Crippen LogP contribution in [0.1, 0.15) is 30.7 Å². The van der Waals surface area contributed by atoms with E-state index in [0.717, 1.165) is 43.7 Å². The minimum absolute atomic E-state index is 0.0809. The third-order valence-corrected chi connectivity index (χ3v) is 6.28. The molecule has 140 valence electrons. The first-order chi connectivity index (χ1) is 11.8. The Balaban J connectivity index is 1.59. The van der Waals surface area contributed by atoms with Crippen LogP contribution in [0.3, 0.4) is 0 Å². The van der Waals surface area contributed by atoms with Gasteiger partial charge in [-0.05, 0) is 45.5 Å². The molecule has 0 unspecified atom stereocenters. The summed E-state index contributed by atoms with van der Waals surface area (Å²) in [6.07, 6.45) is 3.77. The van der Waals surface area contributed by atoms with Crippen molar-refractivity contribution in [2.24, 2.45) is 5.92 Å². The van der Waals surface area contributed by atoms with E-state index in [1.54, 1.807) is 0 Å². The van der Waals surface area contributed by atoms with Gasteiger partial charge in [-0.2, -0.15) is 9.40 Å². The molecule has 1 aromatic heterocycles. The molecule has 2 aliphatic heterocycles. The molecule has 1 N–H and O–H groups in total. The number of sulfonamides is 1. The summed E-state index contributed by atoms with van der Waals surface area (Å²) in [5, 5.41) is 7.51. The first kappa shape index (κ1) is 18.3. The lowest BCUT2D eigenvalue weighted by molar-refractivity contribution is -0.126. The van der Waals surface area contributed by atoms with Gasteiger partial charge in [-0.15, -0.1) is 0 Å². The molecule has 0 saturated carbocycles. The Hall–Kier alpha value is -1.45. The predicted molar refractivity (Wildman–Crippen MR) is 94.2 cm³/mol. The summed E-state index contributed by atoms with van der Waals surface area (Å²) in [7, 11) is -1.13. The average molecular weight is 369 g/mol. The summed E-state index contributed by atoms with van der Waals surface area (Å²) in [4.78, 5) is 14.5. The number of carbonyl (C=O) groups is 1. The molecule has 1 aromatic rings. The molecule has 1 amide bonds. The van der Waals surface area contributed by atoms with E-state index in [0.29, 0.717) is 26.2 Å². The van der Waals surface area contributed by atoms with Gasteiger partial charge in [0, 0.05) is 19.0 Å². The molecule has 1 saturated heterocycles. The number of rotatable bonds is 4. The minimum Gasteiger partial charge on any atom is -0.350 e. The highest BCUT2D eigenvalue weighted by Crippen LogP contribution is 2.18. The number of piperidine rings is 1. The fourth-order valence-electron chi connectivity index (χ4n) is 3.45. The van der Waals surface area contributed by atoms with Gasteiger partial charge < -0.3 is 10.2 Å². The maximum absolute atomic E-state index is 12.3. The normalized spacial score (nSPS) is 20.9. The second-order valence-corrected chi connectivity index (χ2v) is 9.08. The zero-order chi connectivity index (χ0) is 18.0. The maximum Gasteiger partial charge on any atom is 0.223 e. The third-order valence-electron chi connectivity index (χ3n) is 5.03. The summed E-state index contributed by atoms with van der Waals surface area (Å²) in [6.45, 7) is 3.86. The van der Waals surface area contributed by atoms with Gasteiger partial charge in [0.2, 0.25) is 15.9 Å². The Morgan fingerprint density at radius 1 is 1.28 bits per heavy atom. The Morgan fingerprint density at radius 2 is 2.00 bits per heavy atom. The number of nitrogens with one attached hydrogen (secondary N) is 1. The number of likely N-dealkylation sites (tertiary alicyclic amines) is 1. The molecule has 0 atom stereocenters. The van der Waals surface area contributed by atoms with Crippen LogP contribution in [-0.4, -0.2) is 66.2 Å². The number of nitrogens with zero attached hydrogens (tertiary/aromatic N) is 4. The number of fused-ring (bicyclic) bond motifs is 1. The smallest absolute Gasteiger partial charge is 0.223 e. The van der Waals surface area contributed by atoms with Gasteiger partial charge >= 0.3 is 0 Å². The van der Waals surface area contributed by atoms with Crippen molar-refractivity contribution in [3.05, 3.63) is 17.5 Å². The maximum atomic E-state index is 12.3. The molecule has 1 fully saturated rings. The van der Waals surface area contributed by atoms with E-state index in [1.807, 2.05) is 10.7 Å². The van der Waals surface area contributed by atoms with Crippen molar-refractivity contribution in [2.45, 2.75) is 38.9 Å². The second kappa shape index (κ2) is 7.43. The van der Waals surface area contributed by atoms with Crippen LogP contribution >= 0.6 is 0 Å². The predicted octanol–water partition coefficient (Wildman–Crippen LogP) is 0.00640. The number of hydrogen-bond donors (Lipinski definition) is 1. The number of aryl methyl sites for hydroxylation is 1. The van der Waals surface area contributed by atoms with Crippen LogP contribution < -0.4 is 5.32 Å². The molecule has 3 rings (SSSR count). The van der Waals surface area contributed by atoms with Gasteiger partial charge in [0.15, 0.2) is 0 Å². The summed E-state index contributed by atoms with van der Waals surface area (Å²) >= 11 is 0. The zero-order valence-corrected chi connectivity index (χ0v) is 15.8. The topological polar surface area (TPSA) is 87.5 Å². The van der Waals surface area contributed by atoms with Crippen molar-refractivity contribution in [2.75, 3.05) is 32.9 Å². The van der Waals surface area contributed by atoms with E-state index in [9.17, 15) is 13.2 Å². The van der Waals surface area contributed by atoms with Crippen LogP contribution in [-0.2, 0) is 34.5 Å². The highest BCUT2D eigenvalue weighted by molar-refractivity contribution is 7.88. The number of aromatic nitrogens is 2. The molecule has 8 nitrogen and oxygen atoms in total. The summed E-state index contributed by atoms with van der Waals surface area (Å²) in [5.74, 6) is 0.173. The van der Waals surface area contributed by atoms with Crippen molar-refractivity contribution in [1.82, 2.24) is 24.3 Å². The fourth-order valence-corrected chi connectivity index (χ4v) is 4.28. The molecule has 0 spiro atoms. The molecule has 0 aromatic carbocycles. The number of carbonyl (C=O) groups excluding carboxylic acids is 1. The Labute approximate surface area is 149 Å². The SMILES string of the molecule is CN1CCC(C(=O)NCc2cc3n(n2)CCCN(S(C)(=O)=O)C3)CC1. The van der Waals surface area contributed by atoms with Crippen molar-refractivity contribution in [3.63, 3.8) is 0 Å². The molecular formula is C16H27N5O3S. The zero-order valence-electron chi connectivity index (χ0n) is 14.9. The van der Waals surface area contributed by atoms with Crippen LogP contribution in [0.5, 0.6) is 0 Å². The van der Waals surface area contributed by atoms with Crippen LogP contribution in [0.2, 0.25) is 0 Å². The third kappa shape index (κ3) is 4.59. The van der Waals surface area contributed by atoms with Gasteiger partial charge in [0.05, 0.1) is 30.7 Å². The van der Waals surface area contributed by atoms with Crippen LogP contribution in [0, 0.1) is 5.92 Å². The molecule has 0 aliphatic carbocycles. The van der Waals surface area contributed by atoms with Crippen molar-refractivity contribution < 1.29 is 13.2 Å². The summed E-state index contributed by atoms with van der Waals surface area (Å²) < 4.78 is 27.0. The van der Waals surface area contributed by atoms with E-state index in [1.165, 1.54) is 10.6 Å². The van der Waals surface area contributed by atoms with Gasteiger partial charge in [-0.3, -0.25) is 9.48 Å². The van der Waals surface area contributed by atoms with Crippen molar-refractivity contribution >= 4 is 15.9 Å². The van der Waals surface area contributed by atoms with E-state index >= 15 is 0 Å². The fraction of sp³-hybridized carbons (Fsp3) is 0.750. The second-order valence-electron chi connectivity index (χ2n) is 7.10. The van der Waals surface area contributed by atoms with Crippen LogP contribution in [0.25, 0.3) is 0 Å². The monoisotopic (exact) mass is 369 g/mol. The number of hydrogen-bond acceptors (Lipinski definition) is 5. The highest BCUT2D eigenvalue weighted by Gasteiger charge is 2.25. The average Bonchev–Trinajstić information content (AvgIpc) is 2.82. The molecule has 2 aliphatic rings. The first-order valence-electron chi connectivity index (χ1n) is 8.80. The Bertz CT molecular complexity index is 722. The molecular weight excluding hydrogens is 342 g/mol. The van der Waals surface area contributed by atoms with Gasteiger partial charge in [-0.1, -0.05) is 0 Å². The highest BCUT2D eigenvalue weighted by atomic mass is 32.2. The van der Waals surface area contributed by atoms with Gasteiger partial charge in [-0.25, -0.2) is 8.42 Å². The molecule has 3 heterocycles. The molecule has 9 heteroatoms. The summed E-state index contributed by atoms with van der Waals surface area (Å²) in [5.41, 5.74) is 1.66. The lowest BCUT2D eigenvalue weighted by Crippen LogP contribution is -2.38. The largest absolute Gasteiger partial charge is 0.350 e. The first-order valence-corrected chi connectivity index (χ1v) is 10.6. The quantitative estimate of drug-likeness (QED) is 0.808. The molecule has 0 radical (unpaired) electrons. The van der Waals surface area contributed by atoms with E-state index < -0.39 is 10.0 Å². The minimum atomic E-state index is -3.21. The van der Waals surface area contributed by atoms with Crippen LogP contribution in [0.4, 0.5) is 0 Å². The number of amides is 1. The lowest BCUT2D eigenvalue weighted by Gasteiger charge is -2.27. The van der Waals surface area contributed by atoms with E-state index in [2.05, 4.69) is 22.4 Å². The summed E-state index contributed by atoms with van der Waals surface area (Å²) in [6, 6.07) is 1.90. The van der Waals surface area contributed by atoms with Crippen molar-refractivity contribution in [1.29, 1.82) is 0 Å². The van der Waals surface area contributed by atoms with E-state index in [-0.39, 0.29) is 11.8 Å². The molecule has 0 bridgehead atoms. The lowest BCUT2D eigenvalue weighted by atomic mass is 9.96.